The number of carbonyl (C=O) groups excluding carboxylic acids is 3. The van der Waals surface area contributed by atoms with Gasteiger partial charge in [-0.3, -0.25) is 14.4 Å². The van der Waals surface area contributed by atoms with Crippen LogP contribution in [0.4, 0.5) is 11.5 Å². The molecule has 1 aliphatic heterocycles. The average Bonchev–Trinajstić information content (AvgIpc) is 3.29. The fraction of sp³-hybridized carbons (Fsp3) is 0.385. The maximum atomic E-state index is 13.5. The Kier molecular flexibility index (Phi) is 7.23. The first kappa shape index (κ1) is 25.8. The summed E-state index contributed by atoms with van der Waals surface area (Å²) in [5, 5.41) is 7.27. The van der Waals surface area contributed by atoms with Crippen LogP contribution in [0, 0.1) is 13.8 Å². The lowest BCUT2D eigenvalue weighted by Gasteiger charge is -2.31. The highest BCUT2D eigenvalue weighted by Crippen LogP contribution is 2.30. The molecule has 0 aliphatic carbocycles. The van der Waals surface area contributed by atoms with E-state index >= 15 is 0 Å². The molecule has 11 heteroatoms. The van der Waals surface area contributed by atoms with Crippen LogP contribution in [-0.4, -0.2) is 74.3 Å². The summed E-state index contributed by atoms with van der Waals surface area (Å²) in [6.07, 6.45) is 4.49. The lowest BCUT2D eigenvalue weighted by molar-refractivity contribution is -0.128. The van der Waals surface area contributed by atoms with E-state index in [1.54, 1.807) is 34.5 Å². The third-order valence-electron chi connectivity index (χ3n) is 6.96. The standard InChI is InChI=1S/C26H32N8O3/c1-6-20(35)33-11-7-8-18(13-33)25-31-22(23-24(27)28-14-29-34(23)25)26(37)30-19-10-9-17(15(2)16(19)3)12-21(36)32(4)5/h6,9-10,14,18H,1,7-8,11-13H2,2-5H3,(H,30,37)(H2,27,28,29)/t18-/m1/s1. The Morgan fingerprint density at radius 1 is 1.24 bits per heavy atom. The molecule has 1 fully saturated rings. The summed E-state index contributed by atoms with van der Waals surface area (Å²) in [7, 11) is 3.44. The summed E-state index contributed by atoms with van der Waals surface area (Å²) in [6.45, 7) is 8.50. The number of nitrogens with one attached hydrogen (secondary N) is 1. The van der Waals surface area contributed by atoms with Gasteiger partial charge in [-0.1, -0.05) is 12.6 Å². The van der Waals surface area contributed by atoms with E-state index in [-0.39, 0.29) is 35.7 Å². The van der Waals surface area contributed by atoms with Crippen molar-refractivity contribution in [3.63, 3.8) is 0 Å². The van der Waals surface area contributed by atoms with Gasteiger partial charge in [-0.2, -0.15) is 5.10 Å². The number of imidazole rings is 1. The Hall–Kier alpha value is -4.28. The largest absolute Gasteiger partial charge is 0.382 e. The molecule has 37 heavy (non-hydrogen) atoms. The zero-order valence-electron chi connectivity index (χ0n) is 21.6. The number of hydrogen-bond acceptors (Lipinski definition) is 7. The molecule has 1 aromatic carbocycles. The van der Waals surface area contributed by atoms with Gasteiger partial charge in [0, 0.05) is 38.8 Å². The van der Waals surface area contributed by atoms with Crippen LogP contribution < -0.4 is 11.1 Å². The van der Waals surface area contributed by atoms with Gasteiger partial charge in [0.15, 0.2) is 11.5 Å². The fourth-order valence-electron chi connectivity index (χ4n) is 4.62. The summed E-state index contributed by atoms with van der Waals surface area (Å²) in [5.74, 6) is -0.0132. The van der Waals surface area contributed by atoms with Gasteiger partial charge in [-0.05, 0) is 55.5 Å². The highest BCUT2D eigenvalue weighted by atomic mass is 16.2. The molecule has 4 rings (SSSR count). The monoisotopic (exact) mass is 504 g/mol. The van der Waals surface area contributed by atoms with Gasteiger partial charge in [0.05, 0.1) is 6.42 Å². The van der Waals surface area contributed by atoms with Crippen molar-refractivity contribution < 1.29 is 14.4 Å². The lowest BCUT2D eigenvalue weighted by atomic mass is 9.97. The van der Waals surface area contributed by atoms with Crippen LogP contribution in [0.3, 0.4) is 0 Å². The van der Waals surface area contributed by atoms with Crippen LogP contribution in [0.1, 0.15) is 51.8 Å². The van der Waals surface area contributed by atoms with E-state index in [4.69, 9.17) is 5.73 Å². The van der Waals surface area contributed by atoms with E-state index in [0.717, 1.165) is 29.5 Å². The molecule has 1 saturated heterocycles. The van der Waals surface area contributed by atoms with Gasteiger partial charge in [0.25, 0.3) is 5.91 Å². The minimum absolute atomic E-state index is 0.00263. The molecule has 2 aromatic heterocycles. The maximum absolute atomic E-state index is 13.5. The molecule has 0 saturated carbocycles. The lowest BCUT2D eigenvalue weighted by Crippen LogP contribution is -2.38. The minimum Gasteiger partial charge on any atom is -0.382 e. The zero-order valence-corrected chi connectivity index (χ0v) is 21.6. The number of fused-ring (bicyclic) bond motifs is 1. The number of likely N-dealkylation sites (N-methyl/N-ethyl adjacent to an activating group) is 1. The van der Waals surface area contributed by atoms with Crippen LogP contribution >= 0.6 is 0 Å². The first-order valence-electron chi connectivity index (χ1n) is 12.1. The number of amides is 3. The number of carbonyl (C=O) groups is 3. The highest BCUT2D eigenvalue weighted by Gasteiger charge is 2.30. The number of nitrogens with zero attached hydrogens (tertiary/aromatic N) is 6. The Morgan fingerprint density at radius 3 is 2.70 bits per heavy atom. The number of nitrogens with two attached hydrogens (primary N) is 1. The van der Waals surface area contributed by atoms with Crippen molar-refractivity contribution in [3.8, 4) is 0 Å². The Morgan fingerprint density at radius 2 is 2.00 bits per heavy atom. The number of likely N-dealkylation sites (tertiary alicyclic amines) is 1. The van der Waals surface area contributed by atoms with Crippen molar-refractivity contribution in [1.82, 2.24) is 29.4 Å². The summed E-state index contributed by atoms with van der Waals surface area (Å²) >= 11 is 0. The van der Waals surface area contributed by atoms with E-state index < -0.39 is 5.91 Å². The van der Waals surface area contributed by atoms with Crippen molar-refractivity contribution in [3.05, 3.63) is 59.3 Å². The third kappa shape index (κ3) is 5.02. The summed E-state index contributed by atoms with van der Waals surface area (Å²) in [5.41, 5.74) is 9.91. The minimum atomic E-state index is -0.445. The van der Waals surface area contributed by atoms with E-state index in [2.05, 4.69) is 27.0 Å². The second-order valence-electron chi connectivity index (χ2n) is 9.49. The molecule has 0 bridgehead atoms. The number of aromatic nitrogens is 4. The Labute approximate surface area is 215 Å². The fourth-order valence-corrected chi connectivity index (χ4v) is 4.62. The third-order valence-corrected chi connectivity index (χ3v) is 6.96. The summed E-state index contributed by atoms with van der Waals surface area (Å²) < 4.78 is 1.55. The quantitative estimate of drug-likeness (QED) is 0.490. The number of piperidine rings is 1. The molecular formula is C26H32N8O3. The first-order chi connectivity index (χ1) is 17.6. The second kappa shape index (κ2) is 10.4. The molecule has 0 unspecified atom stereocenters. The molecule has 1 aliphatic rings. The number of rotatable bonds is 6. The van der Waals surface area contributed by atoms with Gasteiger partial charge < -0.3 is 20.9 Å². The van der Waals surface area contributed by atoms with E-state index in [1.165, 1.54) is 12.4 Å². The van der Waals surface area contributed by atoms with Crippen molar-refractivity contribution in [2.24, 2.45) is 0 Å². The highest BCUT2D eigenvalue weighted by molar-refractivity contribution is 6.09. The molecule has 3 N–H and O–H groups in total. The van der Waals surface area contributed by atoms with Crippen LogP contribution in [0.5, 0.6) is 0 Å². The first-order valence-corrected chi connectivity index (χ1v) is 12.1. The SMILES string of the molecule is C=CC(=O)N1CCC[C@@H](c2nc(C(=O)Nc3ccc(CC(=O)N(C)C)c(C)c3C)c3c(N)ncnn23)C1. The molecule has 3 amide bonds. The number of hydrogen-bond donors (Lipinski definition) is 2. The van der Waals surface area contributed by atoms with Crippen molar-refractivity contribution in [2.45, 2.75) is 39.0 Å². The molecule has 3 aromatic rings. The predicted molar refractivity (Wildman–Crippen MR) is 140 cm³/mol. The normalized spacial score (nSPS) is 15.5. The smallest absolute Gasteiger partial charge is 0.276 e. The maximum Gasteiger partial charge on any atom is 0.276 e. The number of nitrogen functional groups attached to an aromatic ring is 1. The number of anilines is 2. The second-order valence-corrected chi connectivity index (χ2v) is 9.49. The molecular weight excluding hydrogens is 472 g/mol. The van der Waals surface area contributed by atoms with Crippen LogP contribution in [0.25, 0.3) is 5.52 Å². The van der Waals surface area contributed by atoms with Crippen LogP contribution in [0.2, 0.25) is 0 Å². The van der Waals surface area contributed by atoms with E-state index in [9.17, 15) is 14.4 Å². The van der Waals surface area contributed by atoms with E-state index in [1.807, 2.05) is 19.9 Å². The van der Waals surface area contributed by atoms with E-state index in [0.29, 0.717) is 30.1 Å². The van der Waals surface area contributed by atoms with Gasteiger partial charge in [-0.15, -0.1) is 0 Å². The Bertz CT molecular complexity index is 1390. The summed E-state index contributed by atoms with van der Waals surface area (Å²) in [4.78, 5) is 49.9. The number of benzene rings is 1. The van der Waals surface area contributed by atoms with Crippen molar-refractivity contribution in [1.29, 1.82) is 0 Å². The van der Waals surface area contributed by atoms with Gasteiger partial charge in [-0.25, -0.2) is 14.5 Å². The topological polar surface area (TPSA) is 139 Å². The van der Waals surface area contributed by atoms with Gasteiger partial charge in [0.1, 0.15) is 17.7 Å². The van der Waals surface area contributed by atoms with Gasteiger partial charge in [0.2, 0.25) is 11.8 Å². The molecule has 0 radical (unpaired) electrons. The molecule has 11 nitrogen and oxygen atoms in total. The average molecular weight is 505 g/mol. The predicted octanol–water partition coefficient (Wildman–Crippen LogP) is 2.10. The molecule has 3 heterocycles. The molecule has 0 spiro atoms. The van der Waals surface area contributed by atoms with Crippen LogP contribution in [0.15, 0.2) is 31.1 Å². The molecule has 1 atom stereocenters. The van der Waals surface area contributed by atoms with Gasteiger partial charge >= 0.3 is 0 Å². The Balaban J connectivity index is 1.66. The zero-order chi connectivity index (χ0) is 26.9. The van der Waals surface area contributed by atoms with Crippen LogP contribution in [-0.2, 0) is 16.0 Å². The van der Waals surface area contributed by atoms with Crippen molar-refractivity contribution >= 4 is 34.7 Å². The summed E-state index contributed by atoms with van der Waals surface area (Å²) in [6, 6.07) is 3.64. The van der Waals surface area contributed by atoms with Crippen molar-refractivity contribution in [2.75, 3.05) is 38.2 Å². The molecule has 194 valence electrons.